The minimum atomic E-state index is -1.23. The monoisotopic (exact) mass is 268 g/mol. The number of hydrogen-bond donors (Lipinski definition) is 4. The van der Waals surface area contributed by atoms with Gasteiger partial charge >= 0.3 is 0 Å². The molecule has 1 aliphatic heterocycles. The molecule has 4 atom stereocenters. The number of ether oxygens (including phenoxy) is 1. The Labute approximate surface area is 106 Å². The molecular weight excluding hydrogens is 256 g/mol. The van der Waals surface area contributed by atoms with Crippen LogP contribution in [0.4, 0.5) is 5.82 Å². The summed E-state index contributed by atoms with van der Waals surface area (Å²) in [5, 5.41) is 32.4. The van der Waals surface area contributed by atoms with E-state index in [0.717, 1.165) is 0 Å². The molecule has 2 aromatic rings. The maximum atomic E-state index is 9.92. The zero-order valence-electron chi connectivity index (χ0n) is 9.67. The summed E-state index contributed by atoms with van der Waals surface area (Å²) >= 11 is 0. The van der Waals surface area contributed by atoms with Crippen molar-refractivity contribution in [2.24, 2.45) is 0 Å². The van der Waals surface area contributed by atoms with Gasteiger partial charge in [0.2, 0.25) is 5.58 Å². The second kappa shape index (κ2) is 4.38. The quantitative estimate of drug-likeness (QED) is 0.502. The van der Waals surface area contributed by atoms with Crippen molar-refractivity contribution in [3.05, 3.63) is 12.0 Å². The van der Waals surface area contributed by atoms with Crippen LogP contribution in [0.15, 0.2) is 10.9 Å². The molecule has 1 aliphatic rings. The summed E-state index contributed by atoms with van der Waals surface area (Å²) < 4.78 is 10.4. The molecule has 9 nitrogen and oxygen atoms in total. The molecule has 3 heterocycles. The van der Waals surface area contributed by atoms with E-state index < -0.39 is 31.0 Å². The fourth-order valence-electron chi connectivity index (χ4n) is 2.11. The van der Waals surface area contributed by atoms with E-state index >= 15 is 0 Å². The highest BCUT2D eigenvalue weighted by atomic mass is 16.6. The van der Waals surface area contributed by atoms with Crippen molar-refractivity contribution in [2.75, 3.05) is 12.3 Å². The largest absolute Gasteiger partial charge is 0.394 e. The third kappa shape index (κ3) is 1.75. The highest BCUT2D eigenvalue weighted by molar-refractivity contribution is 5.83. The van der Waals surface area contributed by atoms with Gasteiger partial charge in [0.1, 0.15) is 42.0 Å². The molecule has 2 aromatic heterocycles. The van der Waals surface area contributed by atoms with Crippen LogP contribution in [0.5, 0.6) is 0 Å². The summed E-state index contributed by atoms with van der Waals surface area (Å²) in [7, 11) is 0. The Bertz CT molecular complexity index is 603. The van der Waals surface area contributed by atoms with E-state index in [4.69, 9.17) is 20.1 Å². The number of hydrogen-bond acceptors (Lipinski definition) is 9. The van der Waals surface area contributed by atoms with E-state index in [0.29, 0.717) is 5.52 Å². The lowest BCUT2D eigenvalue weighted by Gasteiger charge is -2.11. The molecule has 1 saturated heterocycles. The van der Waals surface area contributed by atoms with Crippen LogP contribution in [0.3, 0.4) is 0 Å². The van der Waals surface area contributed by atoms with Crippen LogP contribution < -0.4 is 5.73 Å². The van der Waals surface area contributed by atoms with E-state index in [1.54, 1.807) is 0 Å². The van der Waals surface area contributed by atoms with Crippen LogP contribution in [0, 0.1) is 0 Å². The van der Waals surface area contributed by atoms with E-state index in [1.807, 2.05) is 0 Å². The van der Waals surface area contributed by atoms with Gasteiger partial charge in [0.25, 0.3) is 0 Å². The lowest BCUT2D eigenvalue weighted by Crippen LogP contribution is -2.32. The Balaban J connectivity index is 2.04. The summed E-state index contributed by atoms with van der Waals surface area (Å²) in [6.07, 6.45) is -3.03. The van der Waals surface area contributed by atoms with Gasteiger partial charge in [0.05, 0.1) is 6.61 Å². The Morgan fingerprint density at radius 2 is 2.05 bits per heavy atom. The number of anilines is 1. The number of aliphatic hydroxyl groups excluding tert-OH is 3. The summed E-state index contributed by atoms with van der Waals surface area (Å²) in [5.74, 6) is 0.121. The maximum Gasteiger partial charge on any atom is 0.227 e. The average molecular weight is 268 g/mol. The van der Waals surface area contributed by atoms with Crippen LogP contribution >= 0.6 is 0 Å². The van der Waals surface area contributed by atoms with Crippen molar-refractivity contribution >= 4 is 16.9 Å². The number of rotatable bonds is 2. The van der Waals surface area contributed by atoms with Crippen molar-refractivity contribution in [2.45, 2.75) is 24.4 Å². The molecule has 0 amide bonds. The number of nitrogens with zero attached hydrogens (tertiary/aromatic N) is 3. The van der Waals surface area contributed by atoms with Crippen LogP contribution in [0.25, 0.3) is 11.1 Å². The fraction of sp³-hybridized carbons (Fsp3) is 0.500. The lowest BCUT2D eigenvalue weighted by molar-refractivity contribution is -0.0243. The number of fused-ring (bicyclic) bond motifs is 1. The highest BCUT2D eigenvalue weighted by Crippen LogP contribution is 2.36. The Hall–Kier alpha value is -1.81. The topological polar surface area (TPSA) is 148 Å². The predicted molar refractivity (Wildman–Crippen MR) is 60.7 cm³/mol. The Morgan fingerprint density at radius 1 is 1.26 bits per heavy atom. The average Bonchev–Trinajstić information content (AvgIpc) is 2.94. The lowest BCUT2D eigenvalue weighted by atomic mass is 10.1. The molecule has 3 rings (SSSR count). The van der Waals surface area contributed by atoms with Gasteiger partial charge in [-0.15, -0.1) is 0 Å². The van der Waals surface area contributed by atoms with Gasteiger partial charge in [-0.05, 0) is 0 Å². The van der Waals surface area contributed by atoms with E-state index in [-0.39, 0.29) is 17.1 Å². The highest BCUT2D eigenvalue weighted by Gasteiger charge is 2.45. The van der Waals surface area contributed by atoms with Gasteiger partial charge in [-0.2, -0.15) is 0 Å². The molecule has 1 fully saturated rings. The van der Waals surface area contributed by atoms with E-state index in [2.05, 4.69) is 15.1 Å². The SMILES string of the molecule is Nc1ncnc2c([C@@H]3O[C@H](CO)[C@@H](O)[C@H]3O)noc12. The van der Waals surface area contributed by atoms with Crippen LogP contribution in [-0.2, 0) is 4.74 Å². The molecule has 0 saturated carbocycles. The Morgan fingerprint density at radius 3 is 2.74 bits per heavy atom. The molecule has 0 bridgehead atoms. The van der Waals surface area contributed by atoms with Crippen molar-refractivity contribution in [3.63, 3.8) is 0 Å². The molecule has 5 N–H and O–H groups in total. The summed E-state index contributed by atoms with van der Waals surface area (Å²) in [4.78, 5) is 7.73. The first-order valence-corrected chi connectivity index (χ1v) is 5.61. The van der Waals surface area contributed by atoms with Gasteiger partial charge < -0.3 is 30.3 Å². The van der Waals surface area contributed by atoms with Gasteiger partial charge in [-0.1, -0.05) is 5.16 Å². The minimum Gasteiger partial charge on any atom is -0.394 e. The van der Waals surface area contributed by atoms with Gasteiger partial charge in [-0.3, -0.25) is 0 Å². The first kappa shape index (κ1) is 12.2. The molecule has 0 spiro atoms. The Kier molecular flexibility index (Phi) is 2.82. The summed E-state index contributed by atoms with van der Waals surface area (Å²) in [6.45, 7) is -0.415. The van der Waals surface area contributed by atoms with Crippen LogP contribution in [0.2, 0.25) is 0 Å². The number of aliphatic hydroxyl groups is 3. The third-order valence-electron chi connectivity index (χ3n) is 3.12. The van der Waals surface area contributed by atoms with Gasteiger partial charge in [-0.25, -0.2) is 9.97 Å². The minimum absolute atomic E-state index is 0.121. The summed E-state index contributed by atoms with van der Waals surface area (Å²) in [5.41, 5.74) is 6.32. The van der Waals surface area contributed by atoms with Crippen molar-refractivity contribution in [1.82, 2.24) is 15.1 Å². The molecule has 0 radical (unpaired) electrons. The molecule has 19 heavy (non-hydrogen) atoms. The van der Waals surface area contributed by atoms with Gasteiger partial charge in [0, 0.05) is 0 Å². The second-order valence-corrected chi connectivity index (χ2v) is 4.26. The van der Waals surface area contributed by atoms with Crippen LogP contribution in [0.1, 0.15) is 11.8 Å². The zero-order valence-corrected chi connectivity index (χ0v) is 9.67. The van der Waals surface area contributed by atoms with Crippen molar-refractivity contribution in [1.29, 1.82) is 0 Å². The molecule has 9 heteroatoms. The fourth-order valence-corrected chi connectivity index (χ4v) is 2.11. The molecule has 102 valence electrons. The van der Waals surface area contributed by atoms with E-state index in [1.165, 1.54) is 6.33 Å². The molecule has 0 unspecified atom stereocenters. The number of nitrogen functional groups attached to an aromatic ring is 1. The number of nitrogens with two attached hydrogens (primary N) is 1. The third-order valence-corrected chi connectivity index (χ3v) is 3.12. The smallest absolute Gasteiger partial charge is 0.227 e. The zero-order chi connectivity index (χ0) is 13.6. The van der Waals surface area contributed by atoms with Crippen molar-refractivity contribution in [3.8, 4) is 0 Å². The van der Waals surface area contributed by atoms with E-state index in [9.17, 15) is 10.2 Å². The predicted octanol–water partition coefficient (Wildman–Crippen LogP) is -1.65. The maximum absolute atomic E-state index is 9.92. The number of aromatic nitrogens is 3. The molecule has 0 aliphatic carbocycles. The molecular formula is C10H12N4O5. The van der Waals surface area contributed by atoms with Crippen molar-refractivity contribution < 1.29 is 24.6 Å². The first-order chi connectivity index (χ1) is 9.13. The standard InChI is InChI=1S/C10H12N4O5/c11-10-9-4(12-2-13-10)5(14-19-9)8-7(17)6(16)3(1-15)18-8/h2-3,6-8,15-17H,1H2,(H2,11,12,13)/t3-,6-,7-,8+/m1/s1. The van der Waals surface area contributed by atoms with Crippen LogP contribution in [-0.4, -0.2) is 55.4 Å². The molecule has 0 aromatic carbocycles. The van der Waals surface area contributed by atoms with Gasteiger partial charge in [0.15, 0.2) is 5.82 Å². The second-order valence-electron chi connectivity index (χ2n) is 4.26. The first-order valence-electron chi connectivity index (χ1n) is 5.61. The normalized spacial score (nSPS) is 31.1. The summed E-state index contributed by atoms with van der Waals surface area (Å²) in [6, 6.07) is 0.